The first kappa shape index (κ1) is 14.0. The van der Waals surface area contributed by atoms with Gasteiger partial charge in [-0.1, -0.05) is 35.4 Å². The molecule has 1 aromatic heterocycles. The molecular formula is C12H8Cl2FN3S. The van der Waals surface area contributed by atoms with Crippen LogP contribution in [-0.2, 0) is 0 Å². The number of nitrogens with zero attached hydrogens (tertiary/aromatic N) is 1. The minimum atomic E-state index is -0.498. The minimum Gasteiger partial charge on any atom is -0.388 e. The molecule has 0 aliphatic heterocycles. The second-order valence-corrected chi connectivity index (χ2v) is 4.92. The molecule has 0 spiro atoms. The van der Waals surface area contributed by atoms with E-state index in [1.165, 1.54) is 18.3 Å². The molecule has 0 amide bonds. The number of aromatic nitrogens is 1. The Morgan fingerprint density at radius 3 is 2.37 bits per heavy atom. The summed E-state index contributed by atoms with van der Waals surface area (Å²) in [7, 11) is 0. The molecule has 1 aromatic carbocycles. The van der Waals surface area contributed by atoms with Gasteiger partial charge in [-0.15, -0.1) is 0 Å². The number of nitrogens with two attached hydrogens (primary N) is 1. The lowest BCUT2D eigenvalue weighted by Crippen LogP contribution is -2.11. The Hall–Kier alpha value is -1.43. The van der Waals surface area contributed by atoms with E-state index in [-0.39, 0.29) is 15.0 Å². The number of nitrogens with one attached hydrogen (secondary N) is 1. The predicted molar refractivity (Wildman–Crippen MR) is 79.8 cm³/mol. The lowest BCUT2D eigenvalue weighted by Gasteiger charge is -2.10. The fourth-order valence-corrected chi connectivity index (χ4v) is 2.10. The number of rotatable bonds is 3. The molecule has 0 aliphatic rings. The predicted octanol–water partition coefficient (Wildman–Crippen LogP) is 3.91. The van der Waals surface area contributed by atoms with Crippen LogP contribution in [0.3, 0.4) is 0 Å². The van der Waals surface area contributed by atoms with Crippen molar-refractivity contribution in [3.8, 4) is 0 Å². The number of hydrogen-bond acceptors (Lipinski definition) is 3. The molecule has 98 valence electrons. The second-order valence-electron chi connectivity index (χ2n) is 3.67. The molecule has 0 saturated heterocycles. The van der Waals surface area contributed by atoms with Crippen LogP contribution >= 0.6 is 35.4 Å². The largest absolute Gasteiger partial charge is 0.388 e. The van der Waals surface area contributed by atoms with E-state index in [9.17, 15) is 4.39 Å². The average Bonchev–Trinajstić information content (AvgIpc) is 2.34. The fourth-order valence-electron chi connectivity index (χ4n) is 1.42. The van der Waals surface area contributed by atoms with Crippen molar-refractivity contribution >= 4 is 51.8 Å². The van der Waals surface area contributed by atoms with Crippen LogP contribution in [-0.4, -0.2) is 9.97 Å². The van der Waals surface area contributed by atoms with Crippen molar-refractivity contribution in [3.63, 3.8) is 0 Å². The van der Waals surface area contributed by atoms with Crippen LogP contribution in [0.15, 0.2) is 30.5 Å². The van der Waals surface area contributed by atoms with E-state index >= 15 is 0 Å². The van der Waals surface area contributed by atoms with Crippen molar-refractivity contribution < 1.29 is 4.39 Å². The normalized spacial score (nSPS) is 10.3. The van der Waals surface area contributed by atoms with Gasteiger partial charge in [-0.3, -0.25) is 4.98 Å². The van der Waals surface area contributed by atoms with Gasteiger partial charge < -0.3 is 11.1 Å². The first-order chi connectivity index (χ1) is 8.97. The zero-order valence-corrected chi connectivity index (χ0v) is 11.8. The molecule has 2 rings (SSSR count). The van der Waals surface area contributed by atoms with Gasteiger partial charge in [0.05, 0.1) is 33.3 Å². The first-order valence-corrected chi connectivity index (χ1v) is 6.31. The SMILES string of the molecule is NC(=S)c1ccc(Nc2c(Cl)cc(F)cc2Cl)cn1. The van der Waals surface area contributed by atoms with Crippen LogP contribution in [0.25, 0.3) is 0 Å². The minimum absolute atomic E-state index is 0.184. The Morgan fingerprint density at radius 1 is 1.26 bits per heavy atom. The van der Waals surface area contributed by atoms with Crippen LogP contribution < -0.4 is 11.1 Å². The number of hydrogen-bond donors (Lipinski definition) is 2. The maximum Gasteiger partial charge on any atom is 0.126 e. The smallest absolute Gasteiger partial charge is 0.126 e. The molecule has 3 N–H and O–H groups in total. The summed E-state index contributed by atoms with van der Waals surface area (Å²) < 4.78 is 13.1. The highest BCUT2D eigenvalue weighted by atomic mass is 35.5. The van der Waals surface area contributed by atoms with Crippen molar-refractivity contribution in [2.24, 2.45) is 5.73 Å². The van der Waals surface area contributed by atoms with Gasteiger partial charge in [0, 0.05) is 0 Å². The Bertz CT molecular complexity index is 608. The summed E-state index contributed by atoms with van der Waals surface area (Å²) in [4.78, 5) is 4.27. The summed E-state index contributed by atoms with van der Waals surface area (Å²) in [6.45, 7) is 0. The van der Waals surface area contributed by atoms with E-state index < -0.39 is 5.82 Å². The number of benzene rings is 1. The highest BCUT2D eigenvalue weighted by Gasteiger charge is 2.09. The second kappa shape index (κ2) is 5.69. The third-order valence-electron chi connectivity index (χ3n) is 2.29. The molecule has 0 aliphatic carbocycles. The van der Waals surface area contributed by atoms with Gasteiger partial charge in [0.2, 0.25) is 0 Å². The summed E-state index contributed by atoms with van der Waals surface area (Å²) in [5, 5.41) is 3.32. The monoisotopic (exact) mass is 315 g/mol. The number of pyridine rings is 1. The van der Waals surface area contributed by atoms with Crippen LogP contribution in [0, 0.1) is 5.82 Å². The zero-order chi connectivity index (χ0) is 14.0. The molecular weight excluding hydrogens is 308 g/mol. The lowest BCUT2D eigenvalue weighted by atomic mass is 10.2. The molecule has 2 aromatic rings. The summed E-state index contributed by atoms with van der Waals surface area (Å²) in [6, 6.07) is 5.73. The van der Waals surface area contributed by atoms with Crippen LogP contribution in [0.2, 0.25) is 10.0 Å². The molecule has 0 unspecified atom stereocenters. The van der Waals surface area contributed by atoms with Gasteiger partial charge in [0.25, 0.3) is 0 Å². The molecule has 0 fully saturated rings. The van der Waals surface area contributed by atoms with Gasteiger partial charge in [0.1, 0.15) is 10.8 Å². The summed E-state index contributed by atoms with van der Waals surface area (Å²) in [5.74, 6) is -0.498. The number of thiocarbonyl (C=S) groups is 1. The summed E-state index contributed by atoms with van der Waals surface area (Å²) in [5.41, 5.74) is 7.00. The van der Waals surface area contributed by atoms with Crippen molar-refractivity contribution in [2.75, 3.05) is 5.32 Å². The summed E-state index contributed by atoms with van der Waals surface area (Å²) >= 11 is 16.6. The Balaban J connectivity index is 2.29. The van der Waals surface area contributed by atoms with Crippen molar-refractivity contribution in [3.05, 3.63) is 52.0 Å². The van der Waals surface area contributed by atoms with E-state index in [1.54, 1.807) is 12.1 Å². The number of halogens is 3. The zero-order valence-electron chi connectivity index (χ0n) is 9.45. The third-order valence-corrected chi connectivity index (χ3v) is 3.10. The Morgan fingerprint density at radius 2 is 1.89 bits per heavy atom. The maximum absolute atomic E-state index is 13.1. The molecule has 7 heteroatoms. The summed E-state index contributed by atoms with van der Waals surface area (Å²) in [6.07, 6.45) is 1.53. The van der Waals surface area contributed by atoms with E-state index in [2.05, 4.69) is 10.3 Å². The molecule has 0 atom stereocenters. The number of anilines is 2. The molecule has 0 radical (unpaired) electrons. The van der Waals surface area contributed by atoms with Crippen LogP contribution in [0.4, 0.5) is 15.8 Å². The standard InChI is InChI=1S/C12H8Cl2FN3S/c13-8-3-6(15)4-9(14)11(8)18-7-1-2-10(12(16)19)17-5-7/h1-5,18H,(H2,16,19). The Labute approximate surface area is 124 Å². The van der Waals surface area contributed by atoms with E-state index in [1.807, 2.05) is 0 Å². The van der Waals surface area contributed by atoms with Crippen LogP contribution in [0.5, 0.6) is 0 Å². The molecule has 0 saturated carbocycles. The van der Waals surface area contributed by atoms with E-state index in [0.29, 0.717) is 17.1 Å². The highest BCUT2D eigenvalue weighted by Crippen LogP contribution is 2.33. The fraction of sp³-hybridized carbons (Fsp3) is 0. The van der Waals surface area contributed by atoms with Crippen LogP contribution in [0.1, 0.15) is 5.69 Å². The van der Waals surface area contributed by atoms with Gasteiger partial charge in [-0.05, 0) is 24.3 Å². The molecule has 19 heavy (non-hydrogen) atoms. The average molecular weight is 316 g/mol. The molecule has 3 nitrogen and oxygen atoms in total. The lowest BCUT2D eigenvalue weighted by molar-refractivity contribution is 0.628. The van der Waals surface area contributed by atoms with Crippen molar-refractivity contribution in [2.45, 2.75) is 0 Å². The molecule has 0 bridgehead atoms. The first-order valence-electron chi connectivity index (χ1n) is 5.15. The van der Waals surface area contributed by atoms with Crippen molar-refractivity contribution in [1.29, 1.82) is 0 Å². The molecule has 1 heterocycles. The van der Waals surface area contributed by atoms with Gasteiger partial charge in [0.15, 0.2) is 0 Å². The van der Waals surface area contributed by atoms with Crippen molar-refractivity contribution in [1.82, 2.24) is 4.98 Å². The highest BCUT2D eigenvalue weighted by molar-refractivity contribution is 7.80. The van der Waals surface area contributed by atoms with Gasteiger partial charge in [-0.25, -0.2) is 4.39 Å². The maximum atomic E-state index is 13.1. The quantitative estimate of drug-likeness (QED) is 0.843. The van der Waals surface area contributed by atoms with E-state index in [4.69, 9.17) is 41.2 Å². The van der Waals surface area contributed by atoms with E-state index in [0.717, 1.165) is 0 Å². The van der Waals surface area contributed by atoms with Gasteiger partial charge >= 0.3 is 0 Å². The van der Waals surface area contributed by atoms with Gasteiger partial charge in [-0.2, -0.15) is 0 Å². The third kappa shape index (κ3) is 3.32. The Kier molecular flexibility index (Phi) is 4.19. The topological polar surface area (TPSA) is 50.9 Å².